The summed E-state index contributed by atoms with van der Waals surface area (Å²) in [5.74, 6) is 1.09. The van der Waals surface area contributed by atoms with Crippen molar-refractivity contribution in [1.82, 2.24) is 15.1 Å². The molecule has 1 heterocycles. The smallest absolute Gasteiger partial charge is 0.236 e. The lowest BCUT2D eigenvalue weighted by Crippen LogP contribution is -2.44. The van der Waals surface area contributed by atoms with Gasteiger partial charge in [-0.05, 0) is 58.5 Å². The average Bonchev–Trinajstić information content (AvgIpc) is 3.25. The molecule has 0 spiro atoms. The Balaban J connectivity index is 1.83. The summed E-state index contributed by atoms with van der Waals surface area (Å²) in [5, 5.41) is 3.42. The summed E-state index contributed by atoms with van der Waals surface area (Å²) in [4.78, 5) is 16.7. The van der Waals surface area contributed by atoms with Gasteiger partial charge in [-0.2, -0.15) is 0 Å². The second-order valence-corrected chi connectivity index (χ2v) is 5.92. The van der Waals surface area contributed by atoms with Crippen LogP contribution in [0.25, 0.3) is 0 Å². The van der Waals surface area contributed by atoms with Gasteiger partial charge in [-0.3, -0.25) is 9.69 Å². The number of amides is 1. The molecule has 2 rings (SSSR count). The average molecular weight is 267 g/mol. The van der Waals surface area contributed by atoms with Gasteiger partial charge in [-0.25, -0.2) is 0 Å². The van der Waals surface area contributed by atoms with Gasteiger partial charge in [0.1, 0.15) is 0 Å². The summed E-state index contributed by atoms with van der Waals surface area (Å²) >= 11 is 0. The highest BCUT2D eigenvalue weighted by atomic mass is 16.2. The van der Waals surface area contributed by atoms with Gasteiger partial charge in [0.15, 0.2) is 0 Å². The third-order valence-electron chi connectivity index (χ3n) is 4.47. The van der Waals surface area contributed by atoms with E-state index in [0.29, 0.717) is 18.5 Å². The molecule has 4 heteroatoms. The first-order valence-electron chi connectivity index (χ1n) is 7.97. The van der Waals surface area contributed by atoms with E-state index in [1.807, 2.05) is 4.90 Å². The van der Waals surface area contributed by atoms with E-state index in [9.17, 15) is 4.79 Å². The monoisotopic (exact) mass is 267 g/mol. The topological polar surface area (TPSA) is 35.6 Å². The Morgan fingerprint density at radius 3 is 2.26 bits per heavy atom. The summed E-state index contributed by atoms with van der Waals surface area (Å²) in [6, 6.07) is 0.689. The van der Waals surface area contributed by atoms with E-state index in [4.69, 9.17) is 0 Å². The van der Waals surface area contributed by atoms with E-state index < -0.39 is 0 Å². The van der Waals surface area contributed by atoms with E-state index in [1.165, 1.54) is 25.7 Å². The summed E-state index contributed by atoms with van der Waals surface area (Å²) in [6.45, 7) is 9.85. The van der Waals surface area contributed by atoms with Crippen molar-refractivity contribution in [3.05, 3.63) is 0 Å². The highest BCUT2D eigenvalue weighted by Gasteiger charge is 2.32. The number of carbonyl (C=O) groups is 1. The minimum absolute atomic E-state index is 0.311. The molecule has 2 aliphatic rings. The van der Waals surface area contributed by atoms with Crippen LogP contribution < -0.4 is 5.32 Å². The molecule has 1 saturated heterocycles. The molecule has 0 aromatic heterocycles. The van der Waals surface area contributed by atoms with Gasteiger partial charge in [-0.15, -0.1) is 0 Å². The lowest BCUT2D eigenvalue weighted by molar-refractivity contribution is -0.132. The molecule has 0 atom stereocenters. The standard InChI is InChI=1S/C15H29N3O/c1-3-17(4-2)15(19)12-18(14-5-6-14)11-13-7-9-16-10-8-13/h13-14,16H,3-12H2,1-2H3. The first-order valence-corrected chi connectivity index (χ1v) is 7.97. The van der Waals surface area contributed by atoms with E-state index in [1.54, 1.807) is 0 Å². The van der Waals surface area contributed by atoms with Gasteiger partial charge in [0, 0.05) is 25.7 Å². The zero-order valence-electron chi connectivity index (χ0n) is 12.5. The van der Waals surface area contributed by atoms with Crippen molar-refractivity contribution in [2.45, 2.75) is 45.6 Å². The second kappa shape index (κ2) is 7.25. The summed E-state index contributed by atoms with van der Waals surface area (Å²) in [5.41, 5.74) is 0. The number of nitrogens with zero attached hydrogens (tertiary/aromatic N) is 2. The Morgan fingerprint density at radius 1 is 1.11 bits per heavy atom. The lowest BCUT2D eigenvalue weighted by atomic mass is 9.97. The summed E-state index contributed by atoms with van der Waals surface area (Å²) < 4.78 is 0. The molecule has 4 nitrogen and oxygen atoms in total. The molecule has 0 aromatic carbocycles. The molecular formula is C15H29N3O. The van der Waals surface area contributed by atoms with Gasteiger partial charge in [-0.1, -0.05) is 0 Å². The molecule has 0 radical (unpaired) electrons. The van der Waals surface area contributed by atoms with Crippen molar-refractivity contribution >= 4 is 5.91 Å². The van der Waals surface area contributed by atoms with Crippen LogP contribution in [0.3, 0.4) is 0 Å². The third-order valence-corrected chi connectivity index (χ3v) is 4.47. The maximum absolute atomic E-state index is 12.3. The van der Waals surface area contributed by atoms with E-state index in [2.05, 4.69) is 24.1 Å². The molecule has 1 aliphatic carbocycles. The van der Waals surface area contributed by atoms with Crippen molar-refractivity contribution in [1.29, 1.82) is 0 Å². The number of carbonyl (C=O) groups excluding carboxylic acids is 1. The Hall–Kier alpha value is -0.610. The van der Waals surface area contributed by atoms with Gasteiger partial charge in [0.2, 0.25) is 5.91 Å². The van der Waals surface area contributed by atoms with Gasteiger partial charge in [0.25, 0.3) is 0 Å². The van der Waals surface area contributed by atoms with Gasteiger partial charge < -0.3 is 10.2 Å². The minimum atomic E-state index is 0.311. The second-order valence-electron chi connectivity index (χ2n) is 5.92. The van der Waals surface area contributed by atoms with Crippen LogP contribution in [-0.2, 0) is 4.79 Å². The van der Waals surface area contributed by atoms with Crippen LogP contribution >= 0.6 is 0 Å². The molecule has 1 aliphatic heterocycles. The molecule has 1 saturated carbocycles. The maximum Gasteiger partial charge on any atom is 0.236 e. The number of nitrogens with one attached hydrogen (secondary N) is 1. The van der Waals surface area contributed by atoms with E-state index >= 15 is 0 Å². The van der Waals surface area contributed by atoms with Crippen molar-refractivity contribution in [2.75, 3.05) is 39.3 Å². The number of hydrogen-bond donors (Lipinski definition) is 1. The molecule has 1 N–H and O–H groups in total. The number of hydrogen-bond acceptors (Lipinski definition) is 3. The lowest BCUT2D eigenvalue weighted by Gasteiger charge is -2.31. The zero-order valence-corrected chi connectivity index (χ0v) is 12.5. The Morgan fingerprint density at radius 2 is 1.74 bits per heavy atom. The van der Waals surface area contributed by atoms with Crippen molar-refractivity contribution in [3.63, 3.8) is 0 Å². The minimum Gasteiger partial charge on any atom is -0.342 e. The van der Waals surface area contributed by atoms with E-state index in [0.717, 1.165) is 38.6 Å². The summed E-state index contributed by atoms with van der Waals surface area (Å²) in [6.07, 6.45) is 5.11. The predicted octanol–water partition coefficient (Wildman–Crippen LogP) is 1.32. The van der Waals surface area contributed by atoms with Crippen molar-refractivity contribution in [2.24, 2.45) is 5.92 Å². The molecule has 0 bridgehead atoms. The van der Waals surface area contributed by atoms with Crippen LogP contribution in [-0.4, -0.2) is 61.0 Å². The Labute approximate surface area is 117 Å². The van der Waals surface area contributed by atoms with Crippen molar-refractivity contribution < 1.29 is 4.79 Å². The molecule has 1 amide bonds. The maximum atomic E-state index is 12.3. The first-order chi connectivity index (χ1) is 9.24. The van der Waals surface area contributed by atoms with Crippen LogP contribution in [0.1, 0.15) is 39.5 Å². The fourth-order valence-corrected chi connectivity index (χ4v) is 3.03. The van der Waals surface area contributed by atoms with Crippen LogP contribution in [0.4, 0.5) is 0 Å². The largest absolute Gasteiger partial charge is 0.342 e. The van der Waals surface area contributed by atoms with Gasteiger partial charge >= 0.3 is 0 Å². The third kappa shape index (κ3) is 4.46. The molecular weight excluding hydrogens is 238 g/mol. The van der Waals surface area contributed by atoms with Crippen molar-refractivity contribution in [3.8, 4) is 0 Å². The Bertz CT molecular complexity index is 281. The quantitative estimate of drug-likeness (QED) is 0.755. The first kappa shape index (κ1) is 14.8. The molecule has 0 unspecified atom stereocenters. The molecule has 2 fully saturated rings. The normalized spacial score (nSPS) is 20.8. The molecule has 0 aromatic rings. The van der Waals surface area contributed by atoms with Crippen LogP contribution in [0.5, 0.6) is 0 Å². The van der Waals surface area contributed by atoms with Crippen LogP contribution in [0.15, 0.2) is 0 Å². The zero-order chi connectivity index (χ0) is 13.7. The van der Waals surface area contributed by atoms with E-state index in [-0.39, 0.29) is 0 Å². The SMILES string of the molecule is CCN(CC)C(=O)CN(CC1CCNCC1)C1CC1. The fraction of sp³-hybridized carbons (Fsp3) is 0.933. The van der Waals surface area contributed by atoms with Crippen LogP contribution in [0, 0.1) is 5.92 Å². The molecule has 110 valence electrons. The Kier molecular flexibility index (Phi) is 5.64. The fourth-order valence-electron chi connectivity index (χ4n) is 3.03. The number of likely N-dealkylation sites (N-methyl/N-ethyl adjacent to an activating group) is 1. The molecule has 19 heavy (non-hydrogen) atoms. The van der Waals surface area contributed by atoms with Gasteiger partial charge in [0.05, 0.1) is 6.54 Å². The number of piperidine rings is 1. The predicted molar refractivity (Wildman–Crippen MR) is 78.1 cm³/mol. The highest BCUT2D eigenvalue weighted by Crippen LogP contribution is 2.28. The van der Waals surface area contributed by atoms with Crippen LogP contribution in [0.2, 0.25) is 0 Å². The number of rotatable bonds is 7. The highest BCUT2D eigenvalue weighted by molar-refractivity contribution is 5.78. The summed E-state index contributed by atoms with van der Waals surface area (Å²) in [7, 11) is 0.